The summed E-state index contributed by atoms with van der Waals surface area (Å²) in [5.41, 5.74) is 3.16. The van der Waals surface area contributed by atoms with Crippen LogP contribution in [0.5, 0.6) is 0 Å². The van der Waals surface area contributed by atoms with Crippen LogP contribution in [0.2, 0.25) is 15.1 Å². The van der Waals surface area contributed by atoms with Crippen LogP contribution in [0, 0.1) is 0 Å². The van der Waals surface area contributed by atoms with Gasteiger partial charge in [0.25, 0.3) is 0 Å². The molecule has 8 heteroatoms. The number of aliphatic carboxylic acids is 1. The van der Waals surface area contributed by atoms with Crippen molar-refractivity contribution >= 4 is 69.0 Å². The van der Waals surface area contributed by atoms with Gasteiger partial charge < -0.3 is 15.7 Å². The number of urea groups is 1. The van der Waals surface area contributed by atoms with E-state index in [4.69, 9.17) is 39.9 Å². The van der Waals surface area contributed by atoms with Crippen LogP contribution in [0.15, 0.2) is 72.8 Å². The van der Waals surface area contributed by atoms with E-state index in [9.17, 15) is 9.59 Å². The fourth-order valence-corrected chi connectivity index (χ4v) is 4.38. The van der Waals surface area contributed by atoms with Crippen LogP contribution in [0.1, 0.15) is 5.56 Å². The van der Waals surface area contributed by atoms with E-state index in [0.29, 0.717) is 37.8 Å². The van der Waals surface area contributed by atoms with Crippen molar-refractivity contribution in [2.24, 2.45) is 0 Å². The third-order valence-corrected chi connectivity index (χ3v) is 5.94. The molecule has 4 aromatic carbocycles. The Bertz CT molecular complexity index is 1390. The van der Waals surface area contributed by atoms with Crippen molar-refractivity contribution in [3.8, 4) is 11.1 Å². The van der Waals surface area contributed by atoms with E-state index in [1.54, 1.807) is 30.3 Å². The number of halogens is 3. The first-order chi connectivity index (χ1) is 15.8. The normalized spacial score (nSPS) is 10.8. The predicted octanol–water partition coefficient (Wildman–Crippen LogP) is 7.74. The van der Waals surface area contributed by atoms with Gasteiger partial charge in [0.15, 0.2) is 0 Å². The van der Waals surface area contributed by atoms with E-state index in [2.05, 4.69) is 10.6 Å². The van der Waals surface area contributed by atoms with Crippen molar-refractivity contribution in [1.82, 2.24) is 0 Å². The minimum atomic E-state index is -0.965. The van der Waals surface area contributed by atoms with E-state index in [1.807, 2.05) is 36.4 Å². The Hall–Kier alpha value is -3.25. The summed E-state index contributed by atoms with van der Waals surface area (Å²) in [6, 6.07) is 20.8. The van der Waals surface area contributed by atoms with Crippen LogP contribution in [-0.2, 0) is 11.2 Å². The lowest BCUT2D eigenvalue weighted by Gasteiger charge is -2.14. The summed E-state index contributed by atoms with van der Waals surface area (Å²) < 4.78 is 0. The minimum Gasteiger partial charge on any atom is -0.481 e. The first-order valence-electron chi connectivity index (χ1n) is 9.87. The topological polar surface area (TPSA) is 78.4 Å². The summed E-state index contributed by atoms with van der Waals surface area (Å²) in [6.45, 7) is 0. The standard InChI is InChI=1S/C25H17Cl3N2O3/c26-20-7-2-1-6-17(20)15-4-3-5-16(12-15)29-25(33)30-24-19-10-14(11-23(31)32)8-9-18(19)21(27)13-22(24)28/h1-10,12-13H,11H2,(H,31,32)(H2,29,30,33). The summed E-state index contributed by atoms with van der Waals surface area (Å²) in [4.78, 5) is 23.9. The summed E-state index contributed by atoms with van der Waals surface area (Å²) >= 11 is 19.0. The lowest BCUT2D eigenvalue weighted by atomic mass is 10.0. The molecule has 3 N–H and O–H groups in total. The molecule has 5 nitrogen and oxygen atoms in total. The number of carbonyl (C=O) groups is 2. The summed E-state index contributed by atoms with van der Waals surface area (Å²) in [5, 5.41) is 17.1. The minimum absolute atomic E-state index is 0.166. The van der Waals surface area contributed by atoms with Crippen LogP contribution in [0.4, 0.5) is 16.2 Å². The molecule has 2 amide bonds. The highest BCUT2D eigenvalue weighted by atomic mass is 35.5. The van der Waals surface area contributed by atoms with E-state index in [0.717, 1.165) is 11.1 Å². The molecule has 0 unspecified atom stereocenters. The van der Waals surface area contributed by atoms with Crippen molar-refractivity contribution in [1.29, 1.82) is 0 Å². The smallest absolute Gasteiger partial charge is 0.323 e. The maximum Gasteiger partial charge on any atom is 0.323 e. The average Bonchev–Trinajstić information content (AvgIpc) is 2.76. The first kappa shape index (κ1) is 22.9. The van der Waals surface area contributed by atoms with Crippen molar-refractivity contribution in [2.45, 2.75) is 6.42 Å². The quantitative estimate of drug-likeness (QED) is 0.263. The molecule has 0 spiro atoms. The van der Waals surface area contributed by atoms with E-state index in [-0.39, 0.29) is 11.4 Å². The van der Waals surface area contributed by atoms with Gasteiger partial charge in [0, 0.05) is 27.0 Å². The highest BCUT2D eigenvalue weighted by Gasteiger charge is 2.15. The molecular weight excluding hydrogens is 483 g/mol. The van der Waals surface area contributed by atoms with Gasteiger partial charge in [0.1, 0.15) is 0 Å². The third-order valence-electron chi connectivity index (χ3n) is 5.00. The van der Waals surface area contributed by atoms with Crippen molar-refractivity contribution in [2.75, 3.05) is 10.6 Å². The molecule has 4 aromatic rings. The molecule has 0 aromatic heterocycles. The lowest BCUT2D eigenvalue weighted by molar-refractivity contribution is -0.136. The second kappa shape index (κ2) is 9.71. The molecule has 0 radical (unpaired) electrons. The molecule has 0 aliphatic heterocycles. The predicted molar refractivity (Wildman–Crippen MR) is 135 cm³/mol. The van der Waals surface area contributed by atoms with Crippen molar-refractivity contribution < 1.29 is 14.7 Å². The van der Waals surface area contributed by atoms with Gasteiger partial charge in [-0.3, -0.25) is 4.79 Å². The number of hydrogen-bond acceptors (Lipinski definition) is 2. The van der Waals surface area contributed by atoms with E-state index < -0.39 is 12.0 Å². The fourth-order valence-electron chi connectivity index (χ4n) is 3.54. The van der Waals surface area contributed by atoms with E-state index in [1.165, 1.54) is 6.07 Å². The Morgan fingerprint density at radius 2 is 1.55 bits per heavy atom. The van der Waals surface area contributed by atoms with Crippen LogP contribution in [0.3, 0.4) is 0 Å². The number of carboxylic acids is 1. The summed E-state index contributed by atoms with van der Waals surface area (Å²) in [7, 11) is 0. The molecule has 0 bridgehead atoms. The number of carbonyl (C=O) groups excluding carboxylic acids is 1. The van der Waals surface area contributed by atoms with Gasteiger partial charge in [0.2, 0.25) is 0 Å². The maximum atomic E-state index is 12.8. The van der Waals surface area contributed by atoms with Crippen LogP contribution < -0.4 is 10.6 Å². The number of amides is 2. The molecule has 0 saturated carbocycles. The van der Waals surface area contributed by atoms with Gasteiger partial charge in [-0.25, -0.2) is 4.79 Å². The molecular formula is C25H17Cl3N2O3. The van der Waals surface area contributed by atoms with Gasteiger partial charge in [-0.15, -0.1) is 0 Å². The average molecular weight is 500 g/mol. The molecule has 0 fully saturated rings. The highest BCUT2D eigenvalue weighted by Crippen LogP contribution is 2.37. The monoisotopic (exact) mass is 498 g/mol. The second-order valence-corrected chi connectivity index (χ2v) is 8.53. The molecule has 0 aliphatic rings. The molecule has 0 heterocycles. The highest BCUT2D eigenvalue weighted by molar-refractivity contribution is 6.41. The van der Waals surface area contributed by atoms with Gasteiger partial charge in [-0.2, -0.15) is 0 Å². The third kappa shape index (κ3) is 5.22. The van der Waals surface area contributed by atoms with Crippen LogP contribution >= 0.6 is 34.8 Å². The number of rotatable bonds is 5. The molecule has 4 rings (SSSR count). The number of anilines is 2. The Balaban J connectivity index is 1.62. The number of hydrogen-bond donors (Lipinski definition) is 3. The van der Waals surface area contributed by atoms with E-state index >= 15 is 0 Å². The number of nitrogens with one attached hydrogen (secondary N) is 2. The SMILES string of the molecule is O=C(O)Cc1ccc2c(Cl)cc(Cl)c(NC(=O)Nc3cccc(-c4ccccc4Cl)c3)c2c1. The largest absolute Gasteiger partial charge is 0.481 e. The lowest BCUT2D eigenvalue weighted by Crippen LogP contribution is -2.20. The van der Waals surface area contributed by atoms with Gasteiger partial charge in [-0.1, -0.05) is 77.3 Å². The van der Waals surface area contributed by atoms with Gasteiger partial charge in [-0.05, 0) is 41.5 Å². The zero-order chi connectivity index (χ0) is 23.5. The number of fused-ring (bicyclic) bond motifs is 1. The summed E-state index contributed by atoms with van der Waals surface area (Å²) in [6.07, 6.45) is -0.166. The zero-order valence-electron chi connectivity index (χ0n) is 17.0. The molecule has 33 heavy (non-hydrogen) atoms. The first-order valence-corrected chi connectivity index (χ1v) is 11.0. The Morgan fingerprint density at radius 1 is 0.758 bits per heavy atom. The van der Waals surface area contributed by atoms with Crippen LogP contribution in [0.25, 0.3) is 21.9 Å². The number of benzene rings is 4. The second-order valence-electron chi connectivity index (χ2n) is 7.31. The Labute approximate surface area is 204 Å². The fraction of sp³-hybridized carbons (Fsp3) is 0.0400. The number of carboxylic acid groups (broad SMARTS) is 1. The van der Waals surface area contributed by atoms with Crippen molar-refractivity contribution in [3.05, 3.63) is 93.4 Å². The molecule has 166 valence electrons. The Morgan fingerprint density at radius 3 is 2.30 bits per heavy atom. The molecule has 0 aliphatic carbocycles. The van der Waals surface area contributed by atoms with Crippen LogP contribution in [-0.4, -0.2) is 17.1 Å². The molecule has 0 atom stereocenters. The molecule has 0 saturated heterocycles. The van der Waals surface area contributed by atoms with Gasteiger partial charge >= 0.3 is 12.0 Å². The Kier molecular flexibility index (Phi) is 6.75. The van der Waals surface area contributed by atoms with Crippen molar-refractivity contribution in [3.63, 3.8) is 0 Å². The van der Waals surface area contributed by atoms with Gasteiger partial charge in [0.05, 0.1) is 22.2 Å². The summed E-state index contributed by atoms with van der Waals surface area (Å²) in [5.74, 6) is -0.965. The maximum absolute atomic E-state index is 12.8. The zero-order valence-corrected chi connectivity index (χ0v) is 19.3.